The summed E-state index contributed by atoms with van der Waals surface area (Å²) in [6.07, 6.45) is -6.24. The van der Waals surface area contributed by atoms with Crippen LogP contribution in [0.3, 0.4) is 0 Å². The normalized spacial score (nSPS) is 12.6. The summed E-state index contributed by atoms with van der Waals surface area (Å²) in [6, 6.07) is 10.3. The van der Waals surface area contributed by atoms with Crippen LogP contribution in [-0.4, -0.2) is 19.7 Å². The third kappa shape index (κ3) is 4.84. The molecule has 34 heavy (non-hydrogen) atoms. The number of thiazole rings is 1. The van der Waals surface area contributed by atoms with Gasteiger partial charge in [0.15, 0.2) is 11.6 Å². The van der Waals surface area contributed by atoms with Crippen LogP contribution >= 0.6 is 11.3 Å². The van der Waals surface area contributed by atoms with Gasteiger partial charge in [-0.05, 0) is 24.3 Å². The van der Waals surface area contributed by atoms with Crippen LogP contribution < -0.4 is 0 Å². The monoisotopic (exact) mass is 491 g/mol. The number of nitriles is 1. The first-order chi connectivity index (χ1) is 16.1. The lowest BCUT2D eigenvalue weighted by Crippen LogP contribution is -2.04. The number of allylic oxidation sites excluding steroid dienone is 1. The highest BCUT2D eigenvalue weighted by Gasteiger charge is 2.31. The lowest BCUT2D eigenvalue weighted by atomic mass is 10.1. The fraction of sp³-hybridized carbons (Fsp3) is 0.0909. The molecule has 0 amide bonds. The largest absolute Gasteiger partial charge is 0.416 e. The Morgan fingerprint density at radius 2 is 1.44 bits per heavy atom. The molecule has 2 heterocycles. The summed E-state index contributed by atoms with van der Waals surface area (Å²) in [5, 5.41) is 15.8. The van der Waals surface area contributed by atoms with Crippen molar-refractivity contribution in [1.29, 1.82) is 5.26 Å². The molecular formula is C22H11F6N5S. The zero-order chi connectivity index (χ0) is 24.5. The van der Waals surface area contributed by atoms with E-state index in [0.717, 1.165) is 24.3 Å². The molecule has 5 nitrogen and oxygen atoms in total. The molecule has 0 spiro atoms. The Bertz CT molecular complexity index is 1360. The molecule has 0 unspecified atom stereocenters. The third-order valence-corrected chi connectivity index (χ3v) is 5.41. The zero-order valence-corrected chi connectivity index (χ0v) is 17.6. The minimum Gasteiger partial charge on any atom is -0.244 e. The second-order valence-electron chi connectivity index (χ2n) is 6.85. The molecule has 0 saturated carbocycles. The maximum atomic E-state index is 13.0. The number of benzene rings is 2. The average Bonchev–Trinajstić information content (AvgIpc) is 3.47. The predicted molar refractivity (Wildman–Crippen MR) is 113 cm³/mol. The molecule has 2 aromatic heterocycles. The highest BCUT2D eigenvalue weighted by atomic mass is 32.1. The van der Waals surface area contributed by atoms with Crippen LogP contribution in [0, 0.1) is 11.3 Å². The summed E-state index contributed by atoms with van der Waals surface area (Å²) in [4.78, 5) is 8.38. The van der Waals surface area contributed by atoms with Crippen molar-refractivity contribution in [3.8, 4) is 28.8 Å². The van der Waals surface area contributed by atoms with E-state index >= 15 is 0 Å². The van der Waals surface area contributed by atoms with E-state index in [1.807, 2.05) is 6.07 Å². The van der Waals surface area contributed by atoms with Crippen molar-refractivity contribution in [1.82, 2.24) is 19.7 Å². The minimum absolute atomic E-state index is 0.0244. The van der Waals surface area contributed by atoms with Gasteiger partial charge in [0.1, 0.15) is 16.6 Å². The van der Waals surface area contributed by atoms with Crippen molar-refractivity contribution in [3.63, 3.8) is 0 Å². The van der Waals surface area contributed by atoms with Crippen LogP contribution in [0.5, 0.6) is 0 Å². The van der Waals surface area contributed by atoms with Crippen molar-refractivity contribution >= 4 is 23.1 Å². The van der Waals surface area contributed by atoms with Gasteiger partial charge in [-0.3, -0.25) is 0 Å². The van der Waals surface area contributed by atoms with E-state index in [0.29, 0.717) is 5.01 Å². The highest BCUT2D eigenvalue weighted by molar-refractivity contribution is 7.10. The van der Waals surface area contributed by atoms with Gasteiger partial charge < -0.3 is 0 Å². The van der Waals surface area contributed by atoms with Crippen LogP contribution in [0.2, 0.25) is 0 Å². The van der Waals surface area contributed by atoms with Gasteiger partial charge >= 0.3 is 12.4 Å². The molecule has 172 valence electrons. The standard InChI is InChI=1S/C22H11F6N5S/c23-21(24,25)16-5-1-13(2-6-16)18-31-19(14-3-7-17(8-4-14)22(26,27)28)33(32-18)12-15(11-29)20-30-9-10-34-20/h1-10,12H/b15-12-. The van der Waals surface area contributed by atoms with Gasteiger partial charge in [0.25, 0.3) is 0 Å². The predicted octanol–water partition coefficient (Wildman–Crippen LogP) is 6.63. The molecule has 0 aliphatic carbocycles. The van der Waals surface area contributed by atoms with Gasteiger partial charge in [-0.1, -0.05) is 24.3 Å². The minimum atomic E-state index is -4.53. The van der Waals surface area contributed by atoms with Crippen LogP contribution in [0.4, 0.5) is 26.3 Å². The van der Waals surface area contributed by atoms with E-state index in [1.54, 1.807) is 5.38 Å². The fourth-order valence-corrected chi connectivity index (χ4v) is 3.56. The Morgan fingerprint density at radius 3 is 1.91 bits per heavy atom. The molecule has 4 aromatic rings. The van der Waals surface area contributed by atoms with Crippen molar-refractivity contribution in [2.75, 3.05) is 0 Å². The maximum Gasteiger partial charge on any atom is 0.416 e. The molecule has 0 N–H and O–H groups in total. The van der Waals surface area contributed by atoms with Crippen LogP contribution in [0.25, 0.3) is 34.5 Å². The van der Waals surface area contributed by atoms with Gasteiger partial charge in [0.2, 0.25) is 0 Å². The van der Waals surface area contributed by atoms with E-state index in [-0.39, 0.29) is 28.3 Å². The lowest BCUT2D eigenvalue weighted by Gasteiger charge is -2.07. The molecule has 0 aliphatic rings. The Balaban J connectivity index is 1.82. The summed E-state index contributed by atoms with van der Waals surface area (Å²) in [5.74, 6) is 0.115. The molecule has 0 fully saturated rings. The number of nitrogens with zero attached hydrogens (tertiary/aromatic N) is 5. The molecule has 4 rings (SSSR count). The van der Waals surface area contributed by atoms with Gasteiger partial charge in [-0.2, -0.15) is 31.6 Å². The van der Waals surface area contributed by atoms with Gasteiger partial charge in [0, 0.05) is 22.7 Å². The van der Waals surface area contributed by atoms with Crippen molar-refractivity contribution < 1.29 is 26.3 Å². The number of alkyl halides is 6. The fourth-order valence-electron chi connectivity index (χ4n) is 2.96. The van der Waals surface area contributed by atoms with E-state index in [4.69, 9.17) is 0 Å². The SMILES string of the molecule is N#C/C(=C/n1nc(-c2ccc(C(F)(F)F)cc2)nc1-c1ccc(C(F)(F)F)cc1)c1nccs1. The summed E-state index contributed by atoms with van der Waals surface area (Å²) in [5.41, 5.74) is -1.09. The van der Waals surface area contributed by atoms with Gasteiger partial charge in [-0.25, -0.2) is 14.6 Å². The van der Waals surface area contributed by atoms with Crippen LogP contribution in [-0.2, 0) is 12.4 Å². The first-order valence-electron chi connectivity index (χ1n) is 9.40. The zero-order valence-electron chi connectivity index (χ0n) is 16.8. The first-order valence-corrected chi connectivity index (χ1v) is 10.3. The van der Waals surface area contributed by atoms with Gasteiger partial charge in [-0.15, -0.1) is 16.4 Å². The molecule has 0 atom stereocenters. The van der Waals surface area contributed by atoms with Crippen molar-refractivity contribution in [2.45, 2.75) is 12.4 Å². The number of halogens is 6. The van der Waals surface area contributed by atoms with Gasteiger partial charge in [0.05, 0.1) is 17.3 Å². The summed E-state index contributed by atoms with van der Waals surface area (Å²) in [7, 11) is 0. The number of hydrogen-bond donors (Lipinski definition) is 0. The highest BCUT2D eigenvalue weighted by Crippen LogP contribution is 2.33. The maximum absolute atomic E-state index is 13.0. The van der Waals surface area contributed by atoms with E-state index < -0.39 is 23.5 Å². The molecular weight excluding hydrogens is 480 g/mol. The Hall–Kier alpha value is -3.98. The molecule has 0 radical (unpaired) electrons. The topological polar surface area (TPSA) is 67.4 Å². The quantitative estimate of drug-likeness (QED) is 0.238. The van der Waals surface area contributed by atoms with Crippen molar-refractivity contribution in [3.05, 3.63) is 76.2 Å². The van der Waals surface area contributed by atoms with Crippen LogP contribution in [0.15, 0.2) is 60.1 Å². The number of hydrogen-bond acceptors (Lipinski definition) is 5. The molecule has 12 heteroatoms. The summed E-state index contributed by atoms with van der Waals surface area (Å²) < 4.78 is 78.7. The summed E-state index contributed by atoms with van der Waals surface area (Å²) >= 11 is 1.19. The number of rotatable bonds is 4. The van der Waals surface area contributed by atoms with Crippen LogP contribution in [0.1, 0.15) is 16.1 Å². The first kappa shape index (κ1) is 23.2. The smallest absolute Gasteiger partial charge is 0.244 e. The van der Waals surface area contributed by atoms with E-state index in [9.17, 15) is 31.6 Å². The van der Waals surface area contributed by atoms with E-state index in [1.165, 1.54) is 52.7 Å². The molecule has 0 bridgehead atoms. The van der Waals surface area contributed by atoms with Crippen molar-refractivity contribution in [2.24, 2.45) is 0 Å². The molecule has 0 aliphatic heterocycles. The Morgan fingerprint density at radius 1 is 0.882 bits per heavy atom. The lowest BCUT2D eigenvalue weighted by molar-refractivity contribution is -0.138. The third-order valence-electron chi connectivity index (χ3n) is 4.61. The second kappa shape index (κ2) is 8.75. The average molecular weight is 491 g/mol. The molecule has 2 aromatic carbocycles. The van der Waals surface area contributed by atoms with E-state index in [2.05, 4.69) is 15.1 Å². The summed E-state index contributed by atoms with van der Waals surface area (Å²) in [6.45, 7) is 0. The molecule has 0 saturated heterocycles. The Labute approximate surface area is 192 Å². The second-order valence-corrected chi connectivity index (χ2v) is 7.74. The number of aromatic nitrogens is 4. The Kier molecular flexibility index (Phi) is 5.97.